The topological polar surface area (TPSA) is 37.4 Å². The molecule has 1 heterocycles. The molecule has 0 amide bonds. The number of aryl methyl sites for hydroxylation is 3. The molecule has 0 atom stereocenters. The van der Waals surface area contributed by atoms with Crippen molar-refractivity contribution >= 4 is 33.2 Å². The Hall–Kier alpha value is -2.24. The van der Waals surface area contributed by atoms with E-state index in [1.165, 1.54) is 4.31 Å². The summed E-state index contributed by atoms with van der Waals surface area (Å²) in [5, 5.41) is 0. The fourth-order valence-corrected chi connectivity index (χ4v) is 6.72. The number of anilines is 2. The molecule has 3 aromatic rings. The van der Waals surface area contributed by atoms with Crippen LogP contribution in [0.4, 0.5) is 11.4 Å². The molecule has 132 valence electrons. The van der Waals surface area contributed by atoms with Gasteiger partial charge in [0.05, 0.1) is 16.3 Å². The van der Waals surface area contributed by atoms with Gasteiger partial charge in [-0.2, -0.15) is 0 Å². The van der Waals surface area contributed by atoms with E-state index in [4.69, 9.17) is 0 Å². The first-order valence-electron chi connectivity index (χ1n) is 8.38. The summed E-state index contributed by atoms with van der Waals surface area (Å²) in [5.74, 6) is 0. The van der Waals surface area contributed by atoms with Crippen molar-refractivity contribution in [2.75, 3.05) is 4.31 Å². The molecule has 4 rings (SSSR count). The molecule has 0 saturated carbocycles. The van der Waals surface area contributed by atoms with Gasteiger partial charge in [0.25, 0.3) is 10.0 Å². The first-order chi connectivity index (χ1) is 12.4. The molecular formula is C21H19NO2S2. The Morgan fingerprint density at radius 2 is 1.23 bits per heavy atom. The molecule has 0 bridgehead atoms. The highest BCUT2D eigenvalue weighted by molar-refractivity contribution is 8.00. The lowest BCUT2D eigenvalue weighted by Crippen LogP contribution is -2.29. The number of nitrogens with zero attached hydrogens (tertiary/aromatic N) is 1. The zero-order chi connectivity index (χ0) is 18.5. The van der Waals surface area contributed by atoms with Crippen molar-refractivity contribution in [3.8, 4) is 0 Å². The van der Waals surface area contributed by atoms with Crippen LogP contribution in [-0.2, 0) is 10.0 Å². The highest BCUT2D eigenvalue weighted by Gasteiger charge is 2.35. The van der Waals surface area contributed by atoms with Crippen LogP contribution in [0.5, 0.6) is 0 Å². The maximum Gasteiger partial charge on any atom is 0.269 e. The first-order valence-corrected chi connectivity index (χ1v) is 10.6. The number of hydrogen-bond donors (Lipinski definition) is 0. The molecule has 0 unspecified atom stereocenters. The van der Waals surface area contributed by atoms with Crippen LogP contribution in [0.1, 0.15) is 16.7 Å². The van der Waals surface area contributed by atoms with E-state index in [0.717, 1.165) is 26.5 Å². The van der Waals surface area contributed by atoms with Crippen LogP contribution in [0.25, 0.3) is 0 Å². The number of rotatable bonds is 2. The molecule has 3 aromatic carbocycles. The summed E-state index contributed by atoms with van der Waals surface area (Å²) in [4.78, 5) is 2.27. The van der Waals surface area contributed by atoms with Gasteiger partial charge in [-0.05, 0) is 56.2 Å². The molecule has 3 nitrogen and oxygen atoms in total. The summed E-state index contributed by atoms with van der Waals surface area (Å²) in [6.45, 7) is 5.71. The van der Waals surface area contributed by atoms with Gasteiger partial charge in [-0.3, -0.25) is 0 Å². The van der Waals surface area contributed by atoms with E-state index in [0.29, 0.717) is 16.3 Å². The van der Waals surface area contributed by atoms with E-state index in [9.17, 15) is 8.42 Å². The van der Waals surface area contributed by atoms with Crippen molar-refractivity contribution in [3.63, 3.8) is 0 Å². The Balaban J connectivity index is 2.02. The maximum atomic E-state index is 13.8. The van der Waals surface area contributed by atoms with Crippen molar-refractivity contribution < 1.29 is 8.42 Å². The normalized spacial score (nSPS) is 13.3. The number of sulfonamides is 1. The number of para-hydroxylation sites is 2. The van der Waals surface area contributed by atoms with E-state index in [1.54, 1.807) is 11.8 Å². The predicted molar refractivity (Wildman–Crippen MR) is 107 cm³/mol. The Morgan fingerprint density at radius 1 is 0.769 bits per heavy atom. The van der Waals surface area contributed by atoms with Crippen LogP contribution < -0.4 is 4.31 Å². The third kappa shape index (κ3) is 2.63. The minimum atomic E-state index is -3.75. The Kier molecular flexibility index (Phi) is 4.09. The highest BCUT2D eigenvalue weighted by Crippen LogP contribution is 2.50. The summed E-state index contributed by atoms with van der Waals surface area (Å²) < 4.78 is 29.1. The minimum absolute atomic E-state index is 0.389. The maximum absolute atomic E-state index is 13.8. The van der Waals surface area contributed by atoms with E-state index >= 15 is 0 Å². The first kappa shape index (κ1) is 17.2. The lowest BCUT2D eigenvalue weighted by molar-refractivity contribution is 0.594. The van der Waals surface area contributed by atoms with E-state index in [1.807, 2.05) is 81.4 Å². The van der Waals surface area contributed by atoms with Gasteiger partial charge in [-0.15, -0.1) is 0 Å². The molecule has 26 heavy (non-hydrogen) atoms. The summed E-state index contributed by atoms with van der Waals surface area (Å²) >= 11 is 1.60. The molecule has 1 aliphatic rings. The van der Waals surface area contributed by atoms with Crippen molar-refractivity contribution in [2.24, 2.45) is 0 Å². The summed E-state index contributed by atoms with van der Waals surface area (Å²) in [7, 11) is -3.75. The van der Waals surface area contributed by atoms with E-state index in [2.05, 4.69) is 0 Å². The SMILES string of the molecule is Cc1cc(C)c(S(=O)(=O)N2c3ccccc3Sc3ccccc32)c(C)c1. The molecule has 1 aliphatic heterocycles. The van der Waals surface area contributed by atoms with E-state index < -0.39 is 10.0 Å². The molecule has 0 N–H and O–H groups in total. The lowest BCUT2D eigenvalue weighted by atomic mass is 10.1. The third-order valence-electron chi connectivity index (χ3n) is 4.49. The lowest BCUT2D eigenvalue weighted by Gasteiger charge is -2.32. The standard InChI is InChI=1S/C21H19NO2S2/c1-14-12-15(2)21(16(3)13-14)26(23,24)22-17-8-4-6-10-19(17)25-20-11-7-5-9-18(20)22/h4-13H,1-3H3. The quantitative estimate of drug-likeness (QED) is 0.579. The molecule has 0 saturated heterocycles. The minimum Gasteiger partial charge on any atom is -0.232 e. The van der Waals surface area contributed by atoms with Crippen LogP contribution in [0, 0.1) is 20.8 Å². The monoisotopic (exact) mass is 381 g/mol. The van der Waals surface area contributed by atoms with Crippen LogP contribution in [0.3, 0.4) is 0 Å². The van der Waals surface area contributed by atoms with Gasteiger partial charge in [0.2, 0.25) is 0 Å². The number of fused-ring (bicyclic) bond motifs is 2. The Morgan fingerprint density at radius 3 is 1.73 bits per heavy atom. The summed E-state index contributed by atoms with van der Waals surface area (Å²) in [6.07, 6.45) is 0. The molecule has 0 radical (unpaired) electrons. The average Bonchev–Trinajstić information content (AvgIpc) is 2.58. The van der Waals surface area contributed by atoms with Crippen molar-refractivity contribution in [2.45, 2.75) is 35.5 Å². The van der Waals surface area contributed by atoms with Crippen LogP contribution >= 0.6 is 11.8 Å². The fraction of sp³-hybridized carbons (Fsp3) is 0.143. The highest BCUT2D eigenvalue weighted by atomic mass is 32.2. The Labute approximate surface area is 158 Å². The van der Waals surface area contributed by atoms with Crippen molar-refractivity contribution in [1.29, 1.82) is 0 Å². The molecule has 0 spiro atoms. The van der Waals surface area contributed by atoms with Crippen molar-refractivity contribution in [3.05, 3.63) is 77.4 Å². The molecule has 5 heteroatoms. The zero-order valence-corrected chi connectivity index (χ0v) is 16.5. The van der Waals surface area contributed by atoms with Crippen LogP contribution in [-0.4, -0.2) is 8.42 Å². The van der Waals surface area contributed by atoms with Gasteiger partial charge in [0.15, 0.2) is 0 Å². The second-order valence-electron chi connectivity index (χ2n) is 6.53. The second-order valence-corrected chi connectivity index (χ2v) is 9.34. The van der Waals surface area contributed by atoms with Crippen LogP contribution in [0.15, 0.2) is 75.4 Å². The molecule has 0 aromatic heterocycles. The van der Waals surface area contributed by atoms with E-state index in [-0.39, 0.29) is 0 Å². The van der Waals surface area contributed by atoms with Crippen LogP contribution in [0.2, 0.25) is 0 Å². The van der Waals surface area contributed by atoms with Gasteiger partial charge in [-0.1, -0.05) is 53.7 Å². The fourth-order valence-electron chi connectivity index (χ4n) is 3.59. The predicted octanol–water partition coefficient (Wildman–Crippen LogP) is 5.60. The van der Waals surface area contributed by atoms with Gasteiger partial charge in [0, 0.05) is 9.79 Å². The second kappa shape index (κ2) is 6.18. The third-order valence-corrected chi connectivity index (χ3v) is 7.66. The van der Waals surface area contributed by atoms with Gasteiger partial charge >= 0.3 is 0 Å². The largest absolute Gasteiger partial charge is 0.269 e. The average molecular weight is 382 g/mol. The summed E-state index contributed by atoms with van der Waals surface area (Å²) in [6, 6.07) is 19.2. The number of benzene rings is 3. The zero-order valence-electron chi connectivity index (χ0n) is 14.9. The van der Waals surface area contributed by atoms with Crippen molar-refractivity contribution in [1.82, 2.24) is 0 Å². The molecular weight excluding hydrogens is 362 g/mol. The van der Waals surface area contributed by atoms with Gasteiger partial charge in [-0.25, -0.2) is 12.7 Å². The van der Waals surface area contributed by atoms with Gasteiger partial charge in [0.1, 0.15) is 0 Å². The molecule has 0 aliphatic carbocycles. The Bertz CT molecular complexity index is 1050. The summed E-state index contributed by atoms with van der Waals surface area (Å²) in [5.41, 5.74) is 4.02. The molecule has 0 fully saturated rings. The number of hydrogen-bond acceptors (Lipinski definition) is 3. The van der Waals surface area contributed by atoms with Gasteiger partial charge < -0.3 is 0 Å². The smallest absolute Gasteiger partial charge is 0.232 e.